The zero-order chi connectivity index (χ0) is 15.2. The van der Waals surface area contributed by atoms with Gasteiger partial charge in [-0.2, -0.15) is 0 Å². The van der Waals surface area contributed by atoms with E-state index in [4.69, 9.17) is 0 Å². The van der Waals surface area contributed by atoms with Gasteiger partial charge in [0.1, 0.15) is 0 Å². The van der Waals surface area contributed by atoms with E-state index < -0.39 is 6.10 Å². The minimum atomic E-state index is -0.456. The minimum absolute atomic E-state index is 0.0474. The molecule has 2 N–H and O–H groups in total. The van der Waals surface area contributed by atoms with E-state index >= 15 is 0 Å². The van der Waals surface area contributed by atoms with Crippen LogP contribution in [0.5, 0.6) is 0 Å². The molecule has 0 aromatic heterocycles. The fraction of sp³-hybridized carbons (Fsp3) is 0.938. The molecule has 4 nitrogen and oxygen atoms in total. The fourth-order valence-electron chi connectivity index (χ4n) is 2.42. The number of nitrogens with one attached hydrogen (secondary N) is 1. The van der Waals surface area contributed by atoms with E-state index in [1.165, 1.54) is 12.8 Å². The summed E-state index contributed by atoms with van der Waals surface area (Å²) in [5.74, 6) is 0.853. The van der Waals surface area contributed by atoms with Crippen LogP contribution in [0.15, 0.2) is 0 Å². The molecule has 0 aliphatic carbocycles. The van der Waals surface area contributed by atoms with Crippen molar-refractivity contribution in [2.75, 3.05) is 26.2 Å². The first-order valence-corrected chi connectivity index (χ1v) is 7.93. The van der Waals surface area contributed by atoms with Gasteiger partial charge in [-0.1, -0.05) is 27.7 Å². The molecule has 1 amide bonds. The first-order valence-electron chi connectivity index (χ1n) is 7.93. The van der Waals surface area contributed by atoms with Gasteiger partial charge in [0.15, 0.2) is 0 Å². The number of carbonyl (C=O) groups is 1. The number of hydrogen-bond donors (Lipinski definition) is 2. The summed E-state index contributed by atoms with van der Waals surface area (Å²) in [4.78, 5) is 14.0. The van der Waals surface area contributed by atoms with Crippen molar-refractivity contribution in [3.63, 3.8) is 0 Å². The van der Waals surface area contributed by atoms with Gasteiger partial charge in [0.05, 0.1) is 6.10 Å². The second kappa shape index (κ2) is 7.99. The molecule has 1 atom stereocenters. The SMILES string of the molecule is CC1CCN(CC(O)CNC(=O)CCC(C)(C)C)CC1. The van der Waals surface area contributed by atoms with E-state index in [9.17, 15) is 9.90 Å². The lowest BCUT2D eigenvalue weighted by molar-refractivity contribution is -0.122. The molecule has 0 spiro atoms. The average Bonchev–Trinajstić information content (AvgIpc) is 2.36. The minimum Gasteiger partial charge on any atom is -0.390 e. The summed E-state index contributed by atoms with van der Waals surface area (Å²) in [6, 6.07) is 0. The van der Waals surface area contributed by atoms with E-state index in [1.54, 1.807) is 0 Å². The van der Waals surface area contributed by atoms with E-state index in [0.29, 0.717) is 19.5 Å². The lowest BCUT2D eigenvalue weighted by atomic mass is 9.90. The third kappa shape index (κ3) is 7.85. The number of amides is 1. The second-order valence-corrected chi connectivity index (χ2v) is 7.50. The predicted molar refractivity (Wildman–Crippen MR) is 82.5 cm³/mol. The average molecular weight is 284 g/mol. The maximum absolute atomic E-state index is 11.7. The highest BCUT2D eigenvalue weighted by Gasteiger charge is 2.19. The number of aliphatic hydroxyl groups is 1. The number of hydrogen-bond acceptors (Lipinski definition) is 3. The van der Waals surface area contributed by atoms with Crippen LogP contribution < -0.4 is 5.32 Å². The van der Waals surface area contributed by atoms with Gasteiger partial charge in [0, 0.05) is 19.5 Å². The maximum Gasteiger partial charge on any atom is 0.220 e. The van der Waals surface area contributed by atoms with Crippen LogP contribution in [0.2, 0.25) is 0 Å². The molecule has 1 fully saturated rings. The van der Waals surface area contributed by atoms with Gasteiger partial charge in [0.2, 0.25) is 5.91 Å². The molecule has 0 saturated carbocycles. The zero-order valence-electron chi connectivity index (χ0n) is 13.6. The Labute approximate surface area is 123 Å². The van der Waals surface area contributed by atoms with Gasteiger partial charge < -0.3 is 15.3 Å². The normalized spacial score (nSPS) is 19.9. The number of aliphatic hydroxyl groups excluding tert-OH is 1. The fourth-order valence-corrected chi connectivity index (χ4v) is 2.42. The summed E-state index contributed by atoms with van der Waals surface area (Å²) in [6.45, 7) is 11.8. The van der Waals surface area contributed by atoms with E-state index in [2.05, 4.69) is 37.9 Å². The highest BCUT2D eigenvalue weighted by molar-refractivity contribution is 5.75. The van der Waals surface area contributed by atoms with Gasteiger partial charge in [-0.3, -0.25) is 4.79 Å². The number of carbonyl (C=O) groups excluding carboxylic acids is 1. The van der Waals surface area contributed by atoms with E-state index in [-0.39, 0.29) is 11.3 Å². The zero-order valence-corrected chi connectivity index (χ0v) is 13.6. The predicted octanol–water partition coefficient (Wildman–Crippen LogP) is 2.02. The first-order chi connectivity index (χ1) is 9.26. The highest BCUT2D eigenvalue weighted by Crippen LogP contribution is 2.20. The topological polar surface area (TPSA) is 52.6 Å². The van der Waals surface area contributed by atoms with Crippen LogP contribution >= 0.6 is 0 Å². The highest BCUT2D eigenvalue weighted by atomic mass is 16.3. The third-order valence-corrected chi connectivity index (χ3v) is 3.98. The molecule has 0 bridgehead atoms. The number of rotatable bonds is 6. The van der Waals surface area contributed by atoms with E-state index in [1.807, 2.05) is 0 Å². The quantitative estimate of drug-likeness (QED) is 0.784. The van der Waals surface area contributed by atoms with Crippen molar-refractivity contribution in [3.8, 4) is 0 Å². The van der Waals surface area contributed by atoms with Gasteiger partial charge in [-0.05, 0) is 43.7 Å². The van der Waals surface area contributed by atoms with Crippen LogP contribution in [0.25, 0.3) is 0 Å². The number of piperidine rings is 1. The number of nitrogens with zero attached hydrogens (tertiary/aromatic N) is 1. The van der Waals surface area contributed by atoms with Crippen molar-refractivity contribution in [1.29, 1.82) is 0 Å². The van der Waals surface area contributed by atoms with E-state index in [0.717, 1.165) is 25.4 Å². The molecule has 1 unspecified atom stereocenters. The molecule has 1 aliphatic heterocycles. The Bertz CT molecular complexity index is 291. The van der Waals surface area contributed by atoms with Crippen molar-refractivity contribution >= 4 is 5.91 Å². The number of β-amino-alcohol motifs (C(OH)–C–C–N with tert-alkyl or cyclic N) is 1. The van der Waals surface area contributed by atoms with Crippen molar-refractivity contribution < 1.29 is 9.90 Å². The van der Waals surface area contributed by atoms with Crippen LogP contribution in [-0.2, 0) is 4.79 Å². The summed E-state index contributed by atoms with van der Waals surface area (Å²) in [5, 5.41) is 12.8. The Hall–Kier alpha value is -0.610. The van der Waals surface area contributed by atoms with Gasteiger partial charge >= 0.3 is 0 Å². The van der Waals surface area contributed by atoms with Crippen LogP contribution in [0.3, 0.4) is 0 Å². The van der Waals surface area contributed by atoms with Crippen molar-refractivity contribution in [2.45, 2.75) is 59.5 Å². The molecule has 0 aromatic carbocycles. The standard InChI is InChI=1S/C16H32N2O2/c1-13-6-9-18(10-7-13)12-14(19)11-17-15(20)5-8-16(2,3)4/h13-14,19H,5-12H2,1-4H3,(H,17,20). The largest absolute Gasteiger partial charge is 0.390 e. The molecule has 1 rings (SSSR count). The maximum atomic E-state index is 11.7. The summed E-state index contributed by atoms with van der Waals surface area (Å²) < 4.78 is 0. The van der Waals surface area contributed by atoms with Crippen LogP contribution in [0.1, 0.15) is 53.4 Å². The Kier molecular flexibility index (Phi) is 6.96. The van der Waals surface area contributed by atoms with Crippen molar-refractivity contribution in [2.24, 2.45) is 11.3 Å². The lowest BCUT2D eigenvalue weighted by Gasteiger charge is -2.31. The molecule has 20 heavy (non-hydrogen) atoms. The molecule has 1 saturated heterocycles. The second-order valence-electron chi connectivity index (χ2n) is 7.50. The van der Waals surface area contributed by atoms with Gasteiger partial charge in [0.25, 0.3) is 0 Å². The molecule has 4 heteroatoms. The van der Waals surface area contributed by atoms with Gasteiger partial charge in [-0.25, -0.2) is 0 Å². The first kappa shape index (κ1) is 17.4. The van der Waals surface area contributed by atoms with Gasteiger partial charge in [-0.15, -0.1) is 0 Å². The Morgan fingerprint density at radius 3 is 2.50 bits per heavy atom. The van der Waals surface area contributed by atoms with Crippen LogP contribution in [-0.4, -0.2) is 48.2 Å². The third-order valence-electron chi connectivity index (χ3n) is 3.98. The smallest absolute Gasteiger partial charge is 0.220 e. The molecule has 1 aliphatic rings. The molecule has 0 aromatic rings. The van der Waals surface area contributed by atoms with Crippen molar-refractivity contribution in [1.82, 2.24) is 10.2 Å². The summed E-state index contributed by atoms with van der Waals surface area (Å²) in [5.41, 5.74) is 0.181. The molecular formula is C16H32N2O2. The molecule has 118 valence electrons. The Morgan fingerprint density at radius 2 is 1.95 bits per heavy atom. The van der Waals surface area contributed by atoms with Crippen molar-refractivity contribution in [3.05, 3.63) is 0 Å². The Morgan fingerprint density at radius 1 is 1.35 bits per heavy atom. The molecule has 1 heterocycles. The van der Waals surface area contributed by atoms with Crippen LogP contribution in [0.4, 0.5) is 0 Å². The molecular weight excluding hydrogens is 252 g/mol. The summed E-state index contributed by atoms with van der Waals surface area (Å²) in [7, 11) is 0. The monoisotopic (exact) mass is 284 g/mol. The summed E-state index contributed by atoms with van der Waals surface area (Å²) in [6.07, 6.45) is 3.38. The Balaban J connectivity index is 2.13. The van der Waals surface area contributed by atoms with Crippen LogP contribution in [0, 0.1) is 11.3 Å². The number of likely N-dealkylation sites (tertiary alicyclic amines) is 1. The summed E-state index contributed by atoms with van der Waals surface area (Å²) >= 11 is 0. The lowest BCUT2D eigenvalue weighted by Crippen LogP contribution is -2.43. The molecule has 0 radical (unpaired) electrons.